The van der Waals surface area contributed by atoms with Crippen LogP contribution in [0.2, 0.25) is 0 Å². The number of carboxylic acid groups (broad SMARTS) is 1. The van der Waals surface area contributed by atoms with Crippen molar-refractivity contribution in [1.82, 2.24) is 40.4 Å². The van der Waals surface area contributed by atoms with E-state index in [1.165, 1.54) is 12.7 Å². The average Bonchev–Trinajstić information content (AvgIpc) is 4.11. The highest BCUT2D eigenvalue weighted by atomic mass is 16.5. The Morgan fingerprint density at radius 3 is 1.51 bits per heavy atom. The Balaban J connectivity index is 1.12. The maximum Gasteiger partial charge on any atom is 0.407 e. The summed E-state index contributed by atoms with van der Waals surface area (Å²) in [5.41, 5.74) is 7.14. The molecule has 68 heavy (non-hydrogen) atoms. The van der Waals surface area contributed by atoms with Crippen molar-refractivity contribution >= 4 is 51.8 Å². The molecule has 5 aromatic rings. The summed E-state index contributed by atoms with van der Waals surface area (Å²) in [7, 11) is 1.30. The Bertz CT molecular complexity index is 2690. The van der Waals surface area contributed by atoms with Crippen LogP contribution in [0.4, 0.5) is 15.3 Å². The molecule has 0 radical (unpaired) electrons. The summed E-state index contributed by atoms with van der Waals surface area (Å²) in [6.45, 7) is 22.5. The molecule has 4 amide bonds. The van der Waals surface area contributed by atoms with Crippen molar-refractivity contribution in [2.75, 3.05) is 12.0 Å². The lowest BCUT2D eigenvalue weighted by molar-refractivity contribution is -0.141. The quantitative estimate of drug-likeness (QED) is 0.0858. The zero-order valence-electron chi connectivity index (χ0n) is 41.9. The summed E-state index contributed by atoms with van der Waals surface area (Å²) in [6.07, 6.45) is 2.93. The number of likely N-dealkylation sites (tertiary alicyclic amines) is 2. The third kappa shape index (κ3) is 9.12. The van der Waals surface area contributed by atoms with Gasteiger partial charge in [-0.05, 0) is 137 Å². The van der Waals surface area contributed by atoms with Crippen molar-refractivity contribution in [2.24, 2.45) is 11.8 Å². The normalized spacial score (nSPS) is 22.4. The molecule has 0 spiro atoms. The topological polar surface area (TPSA) is 189 Å². The number of carbonyl (C=O) groups is 4. The number of H-pyrrole nitrogens is 2. The van der Waals surface area contributed by atoms with Gasteiger partial charge in [-0.25, -0.2) is 19.6 Å². The van der Waals surface area contributed by atoms with Crippen LogP contribution in [-0.2, 0) is 19.7 Å². The predicted octanol–water partition coefficient (Wildman–Crippen LogP) is 10.4. The van der Waals surface area contributed by atoms with Crippen molar-refractivity contribution in [3.05, 3.63) is 89.0 Å². The molecule has 15 nitrogen and oxygen atoms in total. The summed E-state index contributed by atoms with van der Waals surface area (Å²) >= 11 is 0. The van der Waals surface area contributed by atoms with Crippen LogP contribution in [0.15, 0.2) is 60.7 Å². The maximum absolute atomic E-state index is 14.3. The van der Waals surface area contributed by atoms with E-state index in [0.29, 0.717) is 12.2 Å². The molecule has 5 heterocycles. The molecule has 3 aromatic carbocycles. The monoisotopic (exact) mass is 930 g/mol. The molecule has 0 aliphatic carbocycles. The first-order valence-electron chi connectivity index (χ1n) is 24.4. The minimum atomic E-state index is -1.22. The number of hydrogen-bond donors (Lipinski definition) is 5. The van der Waals surface area contributed by atoms with E-state index >= 15 is 0 Å². The van der Waals surface area contributed by atoms with Gasteiger partial charge in [-0.1, -0.05) is 72.7 Å². The van der Waals surface area contributed by atoms with E-state index < -0.39 is 35.3 Å². The zero-order chi connectivity index (χ0) is 49.2. The van der Waals surface area contributed by atoms with Gasteiger partial charge in [0, 0.05) is 16.8 Å². The summed E-state index contributed by atoms with van der Waals surface area (Å²) in [4.78, 5) is 76.3. The van der Waals surface area contributed by atoms with Crippen molar-refractivity contribution in [2.45, 2.75) is 167 Å². The molecule has 2 unspecified atom stereocenters. The average molecular weight is 930 g/mol. The largest absolute Gasteiger partial charge is 0.465 e. The fourth-order valence-electron chi connectivity index (χ4n) is 11.2. The van der Waals surface area contributed by atoms with Crippen LogP contribution in [0.5, 0.6) is 0 Å². The van der Waals surface area contributed by atoms with Gasteiger partial charge >= 0.3 is 12.2 Å². The molecule has 3 saturated heterocycles. The molecular weight excluding hydrogens is 859 g/mol. The number of rotatable bonds is 11. The van der Waals surface area contributed by atoms with E-state index in [1.54, 1.807) is 0 Å². The zero-order valence-corrected chi connectivity index (χ0v) is 41.9. The van der Waals surface area contributed by atoms with Crippen LogP contribution in [0.1, 0.15) is 167 Å². The minimum Gasteiger partial charge on any atom is -0.465 e. The molecule has 2 aromatic heterocycles. The Labute approximate surface area is 400 Å². The van der Waals surface area contributed by atoms with Crippen molar-refractivity contribution in [3.8, 4) is 0 Å². The number of aromatic amines is 2. The van der Waals surface area contributed by atoms with Gasteiger partial charge in [-0.3, -0.25) is 9.59 Å². The third-order valence-electron chi connectivity index (χ3n) is 14.9. The van der Waals surface area contributed by atoms with Gasteiger partial charge in [0.05, 0.1) is 53.3 Å². The molecule has 0 bridgehead atoms. The number of carbonyl (C=O) groups excluding carboxylic acids is 3. The number of anilines is 1. The number of alkyl carbamates (subject to hydrolysis) is 1. The Kier molecular flexibility index (Phi) is 12.9. The van der Waals surface area contributed by atoms with Crippen LogP contribution < -0.4 is 15.5 Å². The van der Waals surface area contributed by atoms with Gasteiger partial charge in [0.25, 0.3) is 0 Å². The lowest BCUT2D eigenvalue weighted by Gasteiger charge is -2.38. The van der Waals surface area contributed by atoms with E-state index in [1.807, 2.05) is 51.3 Å². The lowest BCUT2D eigenvalue weighted by atomic mass is 9.87. The maximum atomic E-state index is 14.3. The molecule has 8 rings (SSSR count). The minimum absolute atomic E-state index is 0.00674. The first kappa shape index (κ1) is 48.3. The number of aromatic nitrogens is 4. The van der Waals surface area contributed by atoms with Crippen LogP contribution in [0.3, 0.4) is 0 Å². The Hall–Kier alpha value is -6.12. The Morgan fingerprint density at radius 2 is 1.12 bits per heavy atom. The standard InChI is InChI=1S/C53H71N9O6/c1-29(2)43(58-49(65)66)47(63)61-41(23-25-52(61,8)9)45-54-35-19-13-31(27-37(35)56-45)39-21-22-40(60(39)34-17-15-33(16-18-34)51(5,6)7)32-14-20-36-38(28-32)57-46(55-36)42-24-26-53(10,11)62(42)48(64)44(30(3)4)59-50(67)68-12/h13-20,27-30,39-44,58H,21-26H2,1-12H3,(H,54,56)(H,55,57)(H,59,67)(H,65,66)/t39-,40-,41+,42+,43?,44?/m1/s1. The van der Waals surface area contributed by atoms with Crippen molar-refractivity contribution in [1.29, 1.82) is 0 Å². The number of methoxy groups -OCH3 is 1. The van der Waals surface area contributed by atoms with Crippen molar-refractivity contribution < 1.29 is 29.0 Å². The first-order valence-corrected chi connectivity index (χ1v) is 24.4. The fraction of sp³-hybridized carbons (Fsp3) is 0.547. The number of nitrogens with zero attached hydrogens (tertiary/aromatic N) is 5. The number of amides is 4. The van der Waals surface area contributed by atoms with E-state index in [2.05, 4.69) is 121 Å². The van der Waals surface area contributed by atoms with Gasteiger partial charge < -0.3 is 45.1 Å². The summed E-state index contributed by atoms with van der Waals surface area (Å²) in [5, 5.41) is 14.9. The van der Waals surface area contributed by atoms with Crippen LogP contribution in [0.25, 0.3) is 22.1 Å². The number of nitrogens with one attached hydrogen (secondary N) is 4. The first-order chi connectivity index (χ1) is 32.0. The van der Waals surface area contributed by atoms with Gasteiger partial charge in [0.15, 0.2) is 0 Å². The van der Waals surface area contributed by atoms with Crippen molar-refractivity contribution in [3.63, 3.8) is 0 Å². The van der Waals surface area contributed by atoms with E-state index in [9.17, 15) is 24.3 Å². The summed E-state index contributed by atoms with van der Waals surface area (Å²) in [6, 6.07) is 19.7. The molecule has 3 aliphatic rings. The molecule has 3 aliphatic heterocycles. The van der Waals surface area contributed by atoms with Crippen LogP contribution in [0, 0.1) is 11.8 Å². The number of benzene rings is 3. The van der Waals surface area contributed by atoms with Gasteiger partial charge in [-0.2, -0.15) is 0 Å². The molecule has 0 saturated carbocycles. The second-order valence-electron chi connectivity index (χ2n) is 22.3. The highest BCUT2D eigenvalue weighted by Crippen LogP contribution is 2.49. The lowest BCUT2D eigenvalue weighted by Crippen LogP contribution is -2.55. The third-order valence-corrected chi connectivity index (χ3v) is 14.9. The highest BCUT2D eigenvalue weighted by Gasteiger charge is 2.49. The Morgan fingerprint density at radius 1 is 0.676 bits per heavy atom. The van der Waals surface area contributed by atoms with Gasteiger partial charge in [0.2, 0.25) is 11.8 Å². The van der Waals surface area contributed by atoms with Crippen LogP contribution in [-0.4, -0.2) is 89.1 Å². The molecule has 6 atom stereocenters. The number of hydrogen-bond acceptors (Lipinski definition) is 8. The number of imidazole rings is 2. The van der Waals surface area contributed by atoms with Crippen LogP contribution >= 0.6 is 0 Å². The summed E-state index contributed by atoms with van der Waals surface area (Å²) < 4.78 is 4.88. The number of fused-ring (bicyclic) bond motifs is 2. The molecule has 3 fully saturated rings. The molecule has 15 heteroatoms. The molecule has 364 valence electrons. The van der Waals surface area contributed by atoms with E-state index in [-0.39, 0.29) is 53.2 Å². The summed E-state index contributed by atoms with van der Waals surface area (Å²) in [5.74, 6) is 0.649. The molecular formula is C53H71N9O6. The van der Waals surface area contributed by atoms with E-state index in [0.717, 1.165) is 76.8 Å². The SMILES string of the molecule is COC(=O)NC(C(=O)N1[C@H](c2nc3cc([C@H]4CC[C@H](c5ccc6[nH]c([C@@H]7CCC(C)(C)N7C(=O)C(NC(=O)O)C(C)C)nc6c5)N4c4ccc(C(C)(C)C)cc4)ccc3[nH]2)CCC1(C)C)C(C)C. The second kappa shape index (κ2) is 18.1. The van der Waals surface area contributed by atoms with Gasteiger partial charge in [0.1, 0.15) is 23.7 Å². The second-order valence-corrected chi connectivity index (χ2v) is 22.3. The highest BCUT2D eigenvalue weighted by molar-refractivity contribution is 5.88. The predicted molar refractivity (Wildman–Crippen MR) is 264 cm³/mol. The van der Waals surface area contributed by atoms with Gasteiger partial charge in [-0.15, -0.1) is 0 Å². The van der Waals surface area contributed by atoms with E-state index in [4.69, 9.17) is 14.7 Å². The molecule has 5 N–H and O–H groups in total. The fourth-order valence-corrected chi connectivity index (χ4v) is 11.2. The smallest absolute Gasteiger partial charge is 0.407 e. The number of ether oxygens (including phenoxy) is 1.